The minimum Gasteiger partial charge on any atom is -0.391 e. The van der Waals surface area contributed by atoms with E-state index in [4.69, 9.17) is 0 Å². The molecule has 110 valence electrons. The third-order valence-corrected chi connectivity index (χ3v) is 4.06. The van der Waals surface area contributed by atoms with Gasteiger partial charge in [0.1, 0.15) is 0 Å². The Balaban J connectivity index is 1.76. The van der Waals surface area contributed by atoms with Crippen LogP contribution in [0.2, 0.25) is 0 Å². The second-order valence-corrected chi connectivity index (χ2v) is 5.62. The molecule has 4 heteroatoms. The van der Waals surface area contributed by atoms with E-state index in [0.29, 0.717) is 12.5 Å². The van der Waals surface area contributed by atoms with E-state index in [1.165, 1.54) is 19.3 Å². The van der Waals surface area contributed by atoms with Gasteiger partial charge in [-0.3, -0.25) is 0 Å². The van der Waals surface area contributed by atoms with Crippen LogP contribution >= 0.6 is 0 Å². The van der Waals surface area contributed by atoms with Crippen LogP contribution in [0.25, 0.3) is 0 Å². The number of carbonyl (C=O) groups is 1. The van der Waals surface area contributed by atoms with Crippen molar-refractivity contribution in [3.63, 3.8) is 0 Å². The number of hydrogen-bond donors (Lipinski definition) is 3. The first-order chi connectivity index (χ1) is 9.66. The molecule has 0 radical (unpaired) electrons. The van der Waals surface area contributed by atoms with Gasteiger partial charge in [0, 0.05) is 12.2 Å². The van der Waals surface area contributed by atoms with Gasteiger partial charge in [-0.15, -0.1) is 0 Å². The van der Waals surface area contributed by atoms with Gasteiger partial charge in [0.15, 0.2) is 0 Å². The van der Waals surface area contributed by atoms with E-state index < -0.39 is 6.10 Å². The number of aliphatic hydroxyl groups is 1. The van der Waals surface area contributed by atoms with Crippen molar-refractivity contribution in [2.75, 3.05) is 11.9 Å². The molecule has 3 N–H and O–H groups in total. The third-order valence-electron chi connectivity index (χ3n) is 4.06. The summed E-state index contributed by atoms with van der Waals surface area (Å²) in [4.78, 5) is 11.8. The number of para-hydroxylation sites is 1. The number of aliphatic hydroxyl groups excluding tert-OH is 1. The number of rotatable bonds is 4. The molecule has 1 atom stereocenters. The van der Waals surface area contributed by atoms with E-state index in [9.17, 15) is 9.90 Å². The normalized spacial score (nSPS) is 17.5. The van der Waals surface area contributed by atoms with Crippen molar-refractivity contribution in [1.29, 1.82) is 0 Å². The van der Waals surface area contributed by atoms with E-state index in [2.05, 4.69) is 10.6 Å². The summed E-state index contributed by atoms with van der Waals surface area (Å²) >= 11 is 0. The van der Waals surface area contributed by atoms with Crippen LogP contribution in [-0.2, 0) is 0 Å². The average Bonchev–Trinajstić information content (AvgIpc) is 2.48. The summed E-state index contributed by atoms with van der Waals surface area (Å²) in [5.74, 6) is 0.336. The summed E-state index contributed by atoms with van der Waals surface area (Å²) in [5, 5.41) is 15.7. The largest absolute Gasteiger partial charge is 0.391 e. The molecule has 0 unspecified atom stereocenters. The first-order valence-corrected chi connectivity index (χ1v) is 7.45. The lowest BCUT2D eigenvalue weighted by atomic mass is 9.85. The third kappa shape index (κ3) is 4.23. The molecule has 20 heavy (non-hydrogen) atoms. The number of amides is 2. The van der Waals surface area contributed by atoms with Crippen LogP contribution in [0.1, 0.15) is 37.7 Å². The number of aryl methyl sites for hydroxylation is 1. The van der Waals surface area contributed by atoms with Gasteiger partial charge in [-0.05, 0) is 37.3 Å². The molecule has 1 aliphatic carbocycles. The van der Waals surface area contributed by atoms with Gasteiger partial charge >= 0.3 is 6.03 Å². The molecule has 1 aromatic rings. The zero-order valence-corrected chi connectivity index (χ0v) is 12.1. The predicted octanol–water partition coefficient (Wildman–Crippen LogP) is 3.06. The molecule has 1 saturated carbocycles. The van der Waals surface area contributed by atoms with Crippen LogP contribution in [-0.4, -0.2) is 23.8 Å². The Bertz CT molecular complexity index is 442. The van der Waals surface area contributed by atoms with Crippen molar-refractivity contribution in [2.24, 2.45) is 5.92 Å². The first-order valence-electron chi connectivity index (χ1n) is 7.45. The smallest absolute Gasteiger partial charge is 0.319 e. The summed E-state index contributed by atoms with van der Waals surface area (Å²) in [7, 11) is 0. The molecule has 4 nitrogen and oxygen atoms in total. The van der Waals surface area contributed by atoms with Crippen molar-refractivity contribution in [3.8, 4) is 0 Å². The quantitative estimate of drug-likeness (QED) is 0.791. The Hall–Kier alpha value is -1.55. The summed E-state index contributed by atoms with van der Waals surface area (Å²) in [6.07, 6.45) is 5.36. The van der Waals surface area contributed by atoms with E-state index in [-0.39, 0.29) is 6.03 Å². The van der Waals surface area contributed by atoms with Gasteiger partial charge < -0.3 is 15.7 Å². The average molecular weight is 276 g/mol. The van der Waals surface area contributed by atoms with E-state index in [0.717, 1.165) is 24.1 Å². The molecule has 0 saturated heterocycles. The molecule has 1 aromatic carbocycles. The highest BCUT2D eigenvalue weighted by molar-refractivity contribution is 5.89. The van der Waals surface area contributed by atoms with Crippen molar-refractivity contribution in [2.45, 2.75) is 45.1 Å². The molecule has 0 heterocycles. The molecule has 2 rings (SSSR count). The maximum Gasteiger partial charge on any atom is 0.319 e. The molecular formula is C16H24N2O2. The number of benzene rings is 1. The van der Waals surface area contributed by atoms with Crippen molar-refractivity contribution >= 4 is 11.7 Å². The molecule has 0 aliphatic heterocycles. The van der Waals surface area contributed by atoms with Crippen LogP contribution < -0.4 is 10.6 Å². The lowest BCUT2D eigenvalue weighted by molar-refractivity contribution is 0.0863. The standard InChI is InChI=1S/C16H24N2O2/c1-12-7-5-6-10-14(12)18-16(20)17-11-15(19)13-8-3-2-4-9-13/h5-7,10,13,15,19H,2-4,8-9,11H2,1H3,(H2,17,18,20)/t15-/m0/s1. The van der Waals surface area contributed by atoms with Gasteiger partial charge in [-0.1, -0.05) is 37.5 Å². The summed E-state index contributed by atoms with van der Waals surface area (Å²) in [6, 6.07) is 7.39. The highest BCUT2D eigenvalue weighted by atomic mass is 16.3. The number of nitrogens with one attached hydrogen (secondary N) is 2. The predicted molar refractivity (Wildman–Crippen MR) is 80.8 cm³/mol. The fourth-order valence-electron chi connectivity index (χ4n) is 2.76. The van der Waals surface area contributed by atoms with Crippen molar-refractivity contribution in [3.05, 3.63) is 29.8 Å². The Labute approximate surface area is 120 Å². The van der Waals surface area contributed by atoms with E-state index in [1.807, 2.05) is 31.2 Å². The molecular weight excluding hydrogens is 252 g/mol. The molecule has 0 spiro atoms. The zero-order valence-electron chi connectivity index (χ0n) is 12.1. The Kier molecular flexibility index (Phi) is 5.41. The molecule has 1 fully saturated rings. The zero-order chi connectivity index (χ0) is 14.4. The van der Waals surface area contributed by atoms with Crippen LogP contribution in [0.3, 0.4) is 0 Å². The van der Waals surface area contributed by atoms with Gasteiger partial charge in [0.2, 0.25) is 0 Å². The highest BCUT2D eigenvalue weighted by Crippen LogP contribution is 2.26. The lowest BCUT2D eigenvalue weighted by Crippen LogP contribution is -2.39. The topological polar surface area (TPSA) is 61.4 Å². The Morgan fingerprint density at radius 2 is 2.00 bits per heavy atom. The van der Waals surface area contributed by atoms with E-state index in [1.54, 1.807) is 0 Å². The maximum atomic E-state index is 11.8. The number of anilines is 1. The number of carbonyl (C=O) groups excluding carboxylic acids is 1. The van der Waals surface area contributed by atoms with Gasteiger partial charge in [0.25, 0.3) is 0 Å². The molecule has 0 bridgehead atoms. The lowest BCUT2D eigenvalue weighted by Gasteiger charge is -2.26. The summed E-state index contributed by atoms with van der Waals surface area (Å²) in [6.45, 7) is 2.27. The molecule has 0 aromatic heterocycles. The SMILES string of the molecule is Cc1ccccc1NC(=O)NC[C@H](O)C1CCCCC1. The molecule has 2 amide bonds. The van der Waals surface area contributed by atoms with E-state index >= 15 is 0 Å². The van der Waals surface area contributed by atoms with Crippen LogP contribution in [0, 0.1) is 12.8 Å². The fourth-order valence-corrected chi connectivity index (χ4v) is 2.76. The summed E-state index contributed by atoms with van der Waals surface area (Å²) in [5.41, 5.74) is 1.83. The van der Waals surface area contributed by atoms with Gasteiger partial charge in [-0.25, -0.2) is 4.79 Å². The number of urea groups is 1. The number of hydrogen-bond acceptors (Lipinski definition) is 2. The maximum absolute atomic E-state index is 11.8. The minimum absolute atomic E-state index is 0.255. The van der Waals surface area contributed by atoms with Crippen LogP contribution in [0.5, 0.6) is 0 Å². The fraction of sp³-hybridized carbons (Fsp3) is 0.562. The van der Waals surface area contributed by atoms with Crippen molar-refractivity contribution in [1.82, 2.24) is 5.32 Å². The van der Waals surface area contributed by atoms with Gasteiger partial charge in [-0.2, -0.15) is 0 Å². The Morgan fingerprint density at radius 1 is 1.30 bits per heavy atom. The van der Waals surface area contributed by atoms with Crippen LogP contribution in [0.15, 0.2) is 24.3 Å². The van der Waals surface area contributed by atoms with Gasteiger partial charge in [0.05, 0.1) is 6.10 Å². The molecule has 1 aliphatic rings. The van der Waals surface area contributed by atoms with Crippen LogP contribution in [0.4, 0.5) is 10.5 Å². The second-order valence-electron chi connectivity index (χ2n) is 5.62. The highest BCUT2D eigenvalue weighted by Gasteiger charge is 2.21. The monoisotopic (exact) mass is 276 g/mol. The summed E-state index contributed by atoms with van der Waals surface area (Å²) < 4.78 is 0. The van der Waals surface area contributed by atoms with Crippen molar-refractivity contribution < 1.29 is 9.90 Å². The minimum atomic E-state index is -0.432. The first kappa shape index (κ1) is 14.9. The Morgan fingerprint density at radius 3 is 2.70 bits per heavy atom. The second kappa shape index (κ2) is 7.29.